The molecule has 0 amide bonds. The number of para-hydroxylation sites is 1. The molecule has 0 atom stereocenters. The number of hydrogen-bond donors (Lipinski definition) is 1. The van der Waals surface area contributed by atoms with E-state index in [1.807, 2.05) is 18.2 Å². The summed E-state index contributed by atoms with van der Waals surface area (Å²) >= 11 is 1.64. The van der Waals surface area contributed by atoms with E-state index in [1.54, 1.807) is 11.3 Å². The number of hydrogen-bond acceptors (Lipinski definition) is 5. The van der Waals surface area contributed by atoms with Crippen molar-refractivity contribution in [2.24, 2.45) is 0 Å². The molecule has 1 fully saturated rings. The van der Waals surface area contributed by atoms with Gasteiger partial charge in [-0.3, -0.25) is 0 Å². The van der Waals surface area contributed by atoms with Gasteiger partial charge in [0.25, 0.3) is 0 Å². The summed E-state index contributed by atoms with van der Waals surface area (Å²) in [6, 6.07) is 13.0. The van der Waals surface area contributed by atoms with Gasteiger partial charge in [0.1, 0.15) is 0 Å². The van der Waals surface area contributed by atoms with E-state index in [9.17, 15) is 0 Å². The van der Waals surface area contributed by atoms with Crippen molar-refractivity contribution in [1.82, 2.24) is 10.3 Å². The highest BCUT2D eigenvalue weighted by atomic mass is 32.1. The van der Waals surface area contributed by atoms with E-state index in [1.165, 1.54) is 12.8 Å². The van der Waals surface area contributed by atoms with Crippen LogP contribution >= 0.6 is 11.3 Å². The summed E-state index contributed by atoms with van der Waals surface area (Å²) in [5, 5.41) is 15.4. The Kier molecular flexibility index (Phi) is 4.49. The molecule has 0 saturated heterocycles. The summed E-state index contributed by atoms with van der Waals surface area (Å²) in [7, 11) is 0. The standard InChI is InChI=1S/C16H18N4S/c17-9-4-10-20(15-5-2-1-3-6-15)16-19-14(12-21-16)11-18-13-7-8-13/h1-3,5-6,12-13,18H,4,7-8,10-11H2. The zero-order valence-electron chi connectivity index (χ0n) is 11.8. The van der Waals surface area contributed by atoms with Gasteiger partial charge < -0.3 is 10.2 Å². The lowest BCUT2D eigenvalue weighted by atomic mass is 10.3. The van der Waals surface area contributed by atoms with E-state index in [4.69, 9.17) is 10.2 Å². The van der Waals surface area contributed by atoms with Crippen molar-refractivity contribution in [3.05, 3.63) is 41.4 Å². The van der Waals surface area contributed by atoms with Gasteiger partial charge in [-0.2, -0.15) is 5.26 Å². The first kappa shape index (κ1) is 14.1. The number of rotatable bonds is 7. The molecule has 0 unspecified atom stereocenters. The molecule has 1 aromatic carbocycles. The molecule has 1 aliphatic rings. The van der Waals surface area contributed by atoms with Gasteiger partial charge in [0.15, 0.2) is 5.13 Å². The predicted molar refractivity (Wildman–Crippen MR) is 85.7 cm³/mol. The molecule has 108 valence electrons. The molecule has 4 nitrogen and oxygen atoms in total. The zero-order chi connectivity index (χ0) is 14.5. The Hall–Kier alpha value is -1.90. The monoisotopic (exact) mass is 298 g/mol. The van der Waals surface area contributed by atoms with Crippen LogP contribution in [0.25, 0.3) is 0 Å². The molecular formula is C16H18N4S. The van der Waals surface area contributed by atoms with Gasteiger partial charge in [-0.25, -0.2) is 4.98 Å². The van der Waals surface area contributed by atoms with Crippen LogP contribution in [0.3, 0.4) is 0 Å². The first-order chi connectivity index (χ1) is 10.4. The Balaban J connectivity index is 1.74. The topological polar surface area (TPSA) is 52.0 Å². The van der Waals surface area contributed by atoms with Crippen molar-refractivity contribution in [3.63, 3.8) is 0 Å². The Morgan fingerprint density at radius 3 is 2.86 bits per heavy atom. The van der Waals surface area contributed by atoms with Crippen molar-refractivity contribution < 1.29 is 0 Å². The van der Waals surface area contributed by atoms with Crippen LogP contribution in [0.4, 0.5) is 10.8 Å². The molecule has 0 radical (unpaired) electrons. The highest BCUT2D eigenvalue weighted by Gasteiger charge is 2.21. The largest absolute Gasteiger partial charge is 0.317 e. The lowest BCUT2D eigenvalue weighted by molar-refractivity contribution is 0.677. The number of anilines is 2. The third kappa shape index (κ3) is 3.81. The predicted octanol–water partition coefficient (Wildman–Crippen LogP) is 3.45. The van der Waals surface area contributed by atoms with Crippen LogP contribution in [0, 0.1) is 11.3 Å². The smallest absolute Gasteiger partial charge is 0.190 e. The highest BCUT2D eigenvalue weighted by molar-refractivity contribution is 7.13. The Labute approximate surface area is 129 Å². The fraction of sp³-hybridized carbons (Fsp3) is 0.375. The molecule has 1 aromatic heterocycles. The fourth-order valence-corrected chi connectivity index (χ4v) is 3.01. The van der Waals surface area contributed by atoms with Crippen molar-refractivity contribution in [2.75, 3.05) is 11.4 Å². The number of nitrogens with zero attached hydrogens (tertiary/aromatic N) is 3. The highest BCUT2D eigenvalue weighted by Crippen LogP contribution is 2.29. The molecule has 1 saturated carbocycles. The van der Waals surface area contributed by atoms with Gasteiger partial charge in [0, 0.05) is 30.2 Å². The van der Waals surface area contributed by atoms with Crippen molar-refractivity contribution >= 4 is 22.2 Å². The van der Waals surface area contributed by atoms with Crippen molar-refractivity contribution in [3.8, 4) is 6.07 Å². The van der Waals surface area contributed by atoms with Crippen LogP contribution in [-0.2, 0) is 6.54 Å². The second-order valence-electron chi connectivity index (χ2n) is 5.17. The van der Waals surface area contributed by atoms with E-state index in [-0.39, 0.29) is 0 Å². The van der Waals surface area contributed by atoms with Crippen LogP contribution in [0.15, 0.2) is 35.7 Å². The number of nitrogens with one attached hydrogen (secondary N) is 1. The maximum absolute atomic E-state index is 8.86. The van der Waals surface area contributed by atoms with Crippen LogP contribution in [0.2, 0.25) is 0 Å². The van der Waals surface area contributed by atoms with E-state index in [0.717, 1.165) is 23.1 Å². The summed E-state index contributed by atoms with van der Waals surface area (Å²) in [5.74, 6) is 0. The van der Waals surface area contributed by atoms with Gasteiger partial charge in [-0.1, -0.05) is 18.2 Å². The average Bonchev–Trinajstić information content (AvgIpc) is 3.25. The van der Waals surface area contributed by atoms with Gasteiger partial charge in [-0.15, -0.1) is 11.3 Å². The molecule has 1 N–H and O–H groups in total. The number of nitriles is 1. The second-order valence-corrected chi connectivity index (χ2v) is 6.01. The molecule has 3 rings (SSSR count). The van der Waals surface area contributed by atoms with Crippen LogP contribution in [0.5, 0.6) is 0 Å². The molecule has 5 heteroatoms. The van der Waals surface area contributed by atoms with Gasteiger partial charge in [-0.05, 0) is 25.0 Å². The summed E-state index contributed by atoms with van der Waals surface area (Å²) in [5.41, 5.74) is 2.17. The summed E-state index contributed by atoms with van der Waals surface area (Å²) in [6.07, 6.45) is 3.06. The zero-order valence-corrected chi connectivity index (χ0v) is 12.6. The first-order valence-corrected chi connectivity index (χ1v) is 8.12. The van der Waals surface area contributed by atoms with Gasteiger partial charge in [0.05, 0.1) is 18.2 Å². The molecule has 1 aliphatic carbocycles. The maximum Gasteiger partial charge on any atom is 0.190 e. The first-order valence-electron chi connectivity index (χ1n) is 7.24. The van der Waals surface area contributed by atoms with E-state index in [0.29, 0.717) is 19.0 Å². The quantitative estimate of drug-likeness (QED) is 0.850. The molecule has 1 heterocycles. The third-order valence-corrected chi connectivity index (χ3v) is 4.35. The molecule has 0 spiro atoms. The van der Waals surface area contributed by atoms with Crippen molar-refractivity contribution in [2.45, 2.75) is 31.8 Å². The van der Waals surface area contributed by atoms with Gasteiger partial charge >= 0.3 is 0 Å². The second kappa shape index (κ2) is 6.70. The molecule has 0 bridgehead atoms. The maximum atomic E-state index is 8.86. The molecule has 0 aliphatic heterocycles. The van der Waals surface area contributed by atoms with E-state index in [2.05, 4.69) is 33.8 Å². The van der Waals surface area contributed by atoms with Crippen LogP contribution in [-0.4, -0.2) is 17.6 Å². The lowest BCUT2D eigenvalue weighted by Crippen LogP contribution is -2.19. The summed E-state index contributed by atoms with van der Waals surface area (Å²) < 4.78 is 0. The number of aromatic nitrogens is 1. The van der Waals surface area contributed by atoms with E-state index < -0.39 is 0 Å². The Bertz CT molecular complexity index is 613. The average molecular weight is 298 g/mol. The third-order valence-electron chi connectivity index (χ3n) is 3.43. The Morgan fingerprint density at radius 1 is 1.33 bits per heavy atom. The minimum Gasteiger partial charge on any atom is -0.317 e. The number of benzene rings is 1. The SMILES string of the molecule is N#CCCN(c1ccccc1)c1nc(CNC2CC2)cs1. The fourth-order valence-electron chi connectivity index (χ4n) is 2.14. The van der Waals surface area contributed by atoms with Gasteiger partial charge in [0.2, 0.25) is 0 Å². The minimum atomic E-state index is 0.490. The normalized spacial score (nSPS) is 13.9. The summed E-state index contributed by atoms with van der Waals surface area (Å²) in [4.78, 5) is 6.83. The molecular weight excluding hydrogens is 280 g/mol. The van der Waals surface area contributed by atoms with Crippen molar-refractivity contribution in [1.29, 1.82) is 5.26 Å². The molecule has 21 heavy (non-hydrogen) atoms. The lowest BCUT2D eigenvalue weighted by Gasteiger charge is -2.20. The Morgan fingerprint density at radius 2 is 2.14 bits per heavy atom. The van der Waals surface area contributed by atoms with E-state index >= 15 is 0 Å². The summed E-state index contributed by atoms with van der Waals surface area (Å²) in [6.45, 7) is 1.51. The van der Waals surface area contributed by atoms with Crippen LogP contribution in [0.1, 0.15) is 25.0 Å². The molecule has 2 aromatic rings. The van der Waals surface area contributed by atoms with Crippen LogP contribution < -0.4 is 10.2 Å². The minimum absolute atomic E-state index is 0.490. The number of thiazole rings is 1.